The van der Waals surface area contributed by atoms with Gasteiger partial charge in [0.05, 0.1) is 18.5 Å². The Balaban J connectivity index is 1.57. The van der Waals surface area contributed by atoms with Crippen LogP contribution in [0.5, 0.6) is 5.75 Å². The van der Waals surface area contributed by atoms with Crippen molar-refractivity contribution in [3.8, 4) is 5.75 Å². The molecule has 1 aliphatic rings. The Hall–Kier alpha value is -3.81. The number of methoxy groups -OCH3 is 1. The summed E-state index contributed by atoms with van der Waals surface area (Å²) in [4.78, 5) is 39.9. The molecular weight excluding hydrogens is 489 g/mol. The van der Waals surface area contributed by atoms with E-state index in [1.54, 1.807) is 48.5 Å². The van der Waals surface area contributed by atoms with Crippen molar-refractivity contribution in [3.63, 3.8) is 0 Å². The van der Waals surface area contributed by atoms with Gasteiger partial charge in [0.15, 0.2) is 0 Å². The van der Waals surface area contributed by atoms with Crippen molar-refractivity contribution in [2.45, 2.75) is 13.8 Å². The molecule has 9 heteroatoms. The molecule has 0 atom stereocenters. The van der Waals surface area contributed by atoms with Crippen molar-refractivity contribution in [1.82, 2.24) is 0 Å². The number of ether oxygens (including phenoxy) is 1. The molecule has 0 bridgehead atoms. The van der Waals surface area contributed by atoms with Gasteiger partial charge in [-0.1, -0.05) is 41.4 Å². The minimum Gasteiger partial charge on any atom is -0.495 e. The molecule has 1 heterocycles. The largest absolute Gasteiger partial charge is 0.495 e. The average Bonchev–Trinajstić information content (AvgIpc) is 3.04. The summed E-state index contributed by atoms with van der Waals surface area (Å²) in [6, 6.07) is 16.8. The van der Waals surface area contributed by atoms with Crippen LogP contribution in [0.1, 0.15) is 21.5 Å². The van der Waals surface area contributed by atoms with Crippen LogP contribution in [0.2, 0.25) is 5.02 Å². The van der Waals surface area contributed by atoms with Crippen molar-refractivity contribution in [2.24, 2.45) is 0 Å². The van der Waals surface area contributed by atoms with E-state index in [0.29, 0.717) is 33.4 Å². The predicted octanol–water partition coefficient (Wildman–Crippen LogP) is 5.65. The molecule has 35 heavy (non-hydrogen) atoms. The fraction of sp³-hybridized carbons (Fsp3) is 0.115. The molecule has 0 unspecified atom stereocenters. The van der Waals surface area contributed by atoms with Gasteiger partial charge in [0.1, 0.15) is 16.5 Å². The summed E-state index contributed by atoms with van der Waals surface area (Å²) >= 11 is 12.3. The van der Waals surface area contributed by atoms with Gasteiger partial charge in [0, 0.05) is 16.3 Å². The topological polar surface area (TPSA) is 87.7 Å². The molecular formula is C26H21Cl2N3O4. The summed E-state index contributed by atoms with van der Waals surface area (Å²) in [5.41, 5.74) is 3.20. The number of nitrogens with one attached hydrogen (secondary N) is 2. The van der Waals surface area contributed by atoms with Crippen molar-refractivity contribution in [3.05, 3.63) is 93.1 Å². The van der Waals surface area contributed by atoms with Crippen LogP contribution in [0, 0.1) is 13.8 Å². The first kappa shape index (κ1) is 24.3. The highest BCUT2D eigenvalue weighted by molar-refractivity contribution is 6.53. The summed E-state index contributed by atoms with van der Waals surface area (Å²) in [6.45, 7) is 3.68. The number of carbonyl (C=O) groups is 3. The molecule has 4 rings (SSSR count). The van der Waals surface area contributed by atoms with Gasteiger partial charge in [-0.25, -0.2) is 4.90 Å². The van der Waals surface area contributed by atoms with Crippen LogP contribution in [0.4, 0.5) is 17.1 Å². The van der Waals surface area contributed by atoms with Crippen LogP contribution in [-0.2, 0) is 9.59 Å². The SMILES string of the molecule is COc1ccc(Cl)cc1NC(=O)c1cccc(NC2=C(Cl)C(=O)N(c3cc(C)ccc3C)C2=O)c1. The highest BCUT2D eigenvalue weighted by Crippen LogP contribution is 2.33. The summed E-state index contributed by atoms with van der Waals surface area (Å²) < 4.78 is 5.26. The normalized spacial score (nSPS) is 13.3. The van der Waals surface area contributed by atoms with E-state index in [2.05, 4.69) is 10.6 Å². The van der Waals surface area contributed by atoms with Gasteiger partial charge in [-0.3, -0.25) is 14.4 Å². The lowest BCUT2D eigenvalue weighted by Gasteiger charge is -2.18. The summed E-state index contributed by atoms with van der Waals surface area (Å²) in [6.07, 6.45) is 0. The number of carbonyl (C=O) groups excluding carboxylic acids is 3. The molecule has 0 aromatic heterocycles. The summed E-state index contributed by atoms with van der Waals surface area (Å²) in [5.74, 6) is -1.15. The molecule has 0 radical (unpaired) electrons. The third-order valence-electron chi connectivity index (χ3n) is 5.44. The third-order valence-corrected chi connectivity index (χ3v) is 6.02. The van der Waals surface area contributed by atoms with Gasteiger partial charge in [-0.15, -0.1) is 0 Å². The molecule has 0 fully saturated rings. The van der Waals surface area contributed by atoms with Crippen molar-refractivity contribution < 1.29 is 19.1 Å². The number of benzene rings is 3. The number of nitrogens with zero attached hydrogens (tertiary/aromatic N) is 1. The second kappa shape index (κ2) is 9.82. The number of rotatable bonds is 6. The van der Waals surface area contributed by atoms with E-state index in [9.17, 15) is 14.4 Å². The van der Waals surface area contributed by atoms with Crippen LogP contribution in [-0.4, -0.2) is 24.8 Å². The highest BCUT2D eigenvalue weighted by atomic mass is 35.5. The molecule has 3 aromatic rings. The van der Waals surface area contributed by atoms with Crippen LogP contribution in [0.3, 0.4) is 0 Å². The lowest BCUT2D eigenvalue weighted by atomic mass is 10.1. The first-order valence-corrected chi connectivity index (χ1v) is 11.3. The summed E-state index contributed by atoms with van der Waals surface area (Å²) in [5, 5.41) is 5.88. The van der Waals surface area contributed by atoms with E-state index < -0.39 is 17.7 Å². The Morgan fingerprint density at radius 2 is 1.71 bits per heavy atom. The van der Waals surface area contributed by atoms with Crippen molar-refractivity contribution in [2.75, 3.05) is 22.6 Å². The van der Waals surface area contributed by atoms with Gasteiger partial charge in [0.2, 0.25) is 0 Å². The lowest BCUT2D eigenvalue weighted by molar-refractivity contribution is -0.120. The van der Waals surface area contributed by atoms with E-state index in [0.717, 1.165) is 16.0 Å². The minimum absolute atomic E-state index is 0.0633. The minimum atomic E-state index is -0.616. The van der Waals surface area contributed by atoms with Crippen LogP contribution in [0.15, 0.2) is 71.4 Å². The quantitative estimate of drug-likeness (QED) is 0.419. The van der Waals surface area contributed by atoms with Crippen molar-refractivity contribution in [1.29, 1.82) is 0 Å². The molecule has 0 spiro atoms. The second-order valence-corrected chi connectivity index (χ2v) is 8.74. The van der Waals surface area contributed by atoms with E-state index in [1.807, 2.05) is 26.0 Å². The van der Waals surface area contributed by atoms with Gasteiger partial charge in [0.25, 0.3) is 17.7 Å². The van der Waals surface area contributed by atoms with Crippen molar-refractivity contribution >= 4 is 58.0 Å². The Bertz CT molecular complexity index is 1400. The van der Waals surface area contributed by atoms with E-state index in [-0.39, 0.29) is 10.7 Å². The zero-order valence-corrected chi connectivity index (χ0v) is 20.6. The maximum absolute atomic E-state index is 13.2. The zero-order chi connectivity index (χ0) is 25.3. The number of amides is 3. The first-order valence-electron chi connectivity index (χ1n) is 10.6. The van der Waals surface area contributed by atoms with Gasteiger partial charge in [-0.05, 0) is 67.4 Å². The molecule has 0 aliphatic carbocycles. The molecule has 178 valence electrons. The molecule has 3 aromatic carbocycles. The van der Waals surface area contributed by atoms with Crippen LogP contribution >= 0.6 is 23.2 Å². The fourth-order valence-electron chi connectivity index (χ4n) is 3.65. The maximum Gasteiger partial charge on any atom is 0.283 e. The zero-order valence-electron chi connectivity index (χ0n) is 19.1. The van der Waals surface area contributed by atoms with Gasteiger partial charge >= 0.3 is 0 Å². The highest BCUT2D eigenvalue weighted by Gasteiger charge is 2.39. The van der Waals surface area contributed by atoms with Gasteiger partial charge < -0.3 is 15.4 Å². The van der Waals surface area contributed by atoms with Crippen LogP contribution < -0.4 is 20.3 Å². The predicted molar refractivity (Wildman–Crippen MR) is 137 cm³/mol. The number of hydrogen-bond acceptors (Lipinski definition) is 5. The standard InChI is InChI=1S/C26H21Cl2N3O4/c1-14-7-8-15(2)20(11-14)31-25(33)22(28)23(26(31)34)29-18-6-4-5-16(12-18)24(32)30-19-13-17(27)9-10-21(19)35-3/h4-13,29H,1-3H3,(H,30,32). The van der Waals surface area contributed by atoms with E-state index >= 15 is 0 Å². The number of halogens is 2. The van der Waals surface area contributed by atoms with Crippen LogP contribution in [0.25, 0.3) is 0 Å². The second-order valence-electron chi connectivity index (χ2n) is 7.93. The lowest BCUT2D eigenvalue weighted by Crippen LogP contribution is -2.33. The van der Waals surface area contributed by atoms with Gasteiger partial charge in [-0.2, -0.15) is 0 Å². The summed E-state index contributed by atoms with van der Waals surface area (Å²) in [7, 11) is 1.49. The monoisotopic (exact) mass is 509 g/mol. The average molecular weight is 510 g/mol. The Labute approximate surface area is 212 Å². The Morgan fingerprint density at radius 1 is 0.943 bits per heavy atom. The number of imide groups is 1. The first-order chi connectivity index (χ1) is 16.7. The third kappa shape index (κ3) is 4.87. The number of hydrogen-bond donors (Lipinski definition) is 2. The molecule has 1 aliphatic heterocycles. The fourth-order valence-corrected chi connectivity index (χ4v) is 4.03. The molecule has 0 saturated heterocycles. The Morgan fingerprint density at radius 3 is 2.46 bits per heavy atom. The smallest absolute Gasteiger partial charge is 0.283 e. The molecule has 7 nitrogen and oxygen atoms in total. The van der Waals surface area contributed by atoms with E-state index in [1.165, 1.54) is 7.11 Å². The maximum atomic E-state index is 13.2. The molecule has 3 amide bonds. The Kier molecular flexibility index (Phi) is 6.82. The number of aryl methyl sites for hydroxylation is 2. The van der Waals surface area contributed by atoms with E-state index in [4.69, 9.17) is 27.9 Å². The molecule has 0 saturated carbocycles. The number of anilines is 3. The molecule has 2 N–H and O–H groups in total.